The highest BCUT2D eigenvalue weighted by Gasteiger charge is 2.38. The van der Waals surface area contributed by atoms with E-state index >= 15 is 0 Å². The third-order valence-electron chi connectivity index (χ3n) is 5.63. The molecule has 1 amide bonds. The molecule has 5 rings (SSSR count). The Labute approximate surface area is 145 Å². The Balaban J connectivity index is 1.73. The minimum Gasteiger partial charge on any atom is -0.483 e. The van der Waals surface area contributed by atoms with Crippen LogP contribution in [0.1, 0.15) is 19.4 Å². The molecule has 0 aliphatic carbocycles. The Kier molecular flexibility index (Phi) is 2.81. The van der Waals surface area contributed by atoms with Gasteiger partial charge in [0.05, 0.1) is 16.7 Å². The van der Waals surface area contributed by atoms with Crippen molar-refractivity contribution in [3.63, 3.8) is 0 Å². The van der Waals surface area contributed by atoms with Crippen LogP contribution in [0.5, 0.6) is 5.75 Å². The Bertz CT molecular complexity index is 941. The molecule has 1 fully saturated rings. The number of nitrogens with zero attached hydrogens (tertiary/aromatic N) is 3. The predicted molar refractivity (Wildman–Crippen MR) is 96.2 cm³/mol. The van der Waals surface area contributed by atoms with Crippen molar-refractivity contribution in [3.8, 4) is 5.75 Å². The van der Waals surface area contributed by atoms with E-state index in [1.807, 2.05) is 11.8 Å². The van der Waals surface area contributed by atoms with E-state index in [1.54, 1.807) is 0 Å². The first-order chi connectivity index (χ1) is 12.0. The number of nitrogens with one attached hydrogen (secondary N) is 2. The lowest BCUT2D eigenvalue weighted by Gasteiger charge is -2.42. The van der Waals surface area contributed by atoms with Crippen LogP contribution in [0.25, 0.3) is 10.9 Å². The molecule has 2 aromatic rings. The van der Waals surface area contributed by atoms with Crippen molar-refractivity contribution in [2.24, 2.45) is 5.10 Å². The molecule has 25 heavy (non-hydrogen) atoms. The number of amidine groups is 1. The summed E-state index contributed by atoms with van der Waals surface area (Å²) < 4.78 is 8.29. The molecule has 0 saturated carbocycles. The van der Waals surface area contributed by atoms with Gasteiger partial charge in [-0.15, -0.1) is 0 Å². The zero-order valence-electron chi connectivity index (χ0n) is 14.6. The summed E-state index contributed by atoms with van der Waals surface area (Å²) in [5, 5.41) is 8.73. The van der Waals surface area contributed by atoms with E-state index < -0.39 is 0 Å². The molecule has 7 nitrogen and oxygen atoms in total. The zero-order valence-corrected chi connectivity index (χ0v) is 14.6. The lowest BCUT2D eigenvalue weighted by Crippen LogP contribution is -2.58. The first-order valence-electron chi connectivity index (χ1n) is 8.63. The second kappa shape index (κ2) is 4.76. The predicted octanol–water partition coefficient (Wildman–Crippen LogP) is 1.30. The summed E-state index contributed by atoms with van der Waals surface area (Å²) in [6, 6.07) is 3.94. The summed E-state index contributed by atoms with van der Waals surface area (Å²) in [5.41, 5.74) is 5.97. The van der Waals surface area contributed by atoms with Crippen LogP contribution in [0, 0.1) is 6.92 Å². The second-order valence-electron chi connectivity index (χ2n) is 7.46. The lowest BCUT2D eigenvalue weighted by molar-refractivity contribution is -0.122. The smallest absolute Gasteiger partial charge is 0.262 e. The average molecular weight is 339 g/mol. The maximum Gasteiger partial charge on any atom is 0.262 e. The molecule has 0 radical (unpaired) electrons. The molecule has 2 N–H and O–H groups in total. The van der Waals surface area contributed by atoms with Crippen molar-refractivity contribution in [1.29, 1.82) is 0 Å². The molecule has 1 unspecified atom stereocenters. The number of anilines is 1. The summed E-state index contributed by atoms with van der Waals surface area (Å²) in [4.78, 5) is 14.1. The van der Waals surface area contributed by atoms with Crippen molar-refractivity contribution in [2.75, 3.05) is 24.6 Å². The van der Waals surface area contributed by atoms with Gasteiger partial charge in [-0.05, 0) is 38.5 Å². The average Bonchev–Trinajstić information content (AvgIpc) is 2.90. The molecule has 4 heterocycles. The number of carbonyl (C=O) groups excluding carboxylic acids is 1. The molecular weight excluding hydrogens is 318 g/mol. The largest absolute Gasteiger partial charge is 0.483 e. The highest BCUT2D eigenvalue weighted by Crippen LogP contribution is 2.41. The van der Waals surface area contributed by atoms with Crippen LogP contribution in [0.4, 0.5) is 5.69 Å². The number of hydrogen-bond acceptors (Lipinski definition) is 5. The highest BCUT2D eigenvalue weighted by molar-refractivity contribution is 6.10. The Hall–Kier alpha value is -2.54. The van der Waals surface area contributed by atoms with E-state index in [1.165, 1.54) is 16.5 Å². The maximum absolute atomic E-state index is 12.1. The van der Waals surface area contributed by atoms with Crippen molar-refractivity contribution in [3.05, 3.63) is 23.9 Å². The monoisotopic (exact) mass is 339 g/mol. The number of ether oxygens (including phenoxy) is 1. The topological polar surface area (TPSA) is 70.9 Å². The Morgan fingerprint density at radius 3 is 2.88 bits per heavy atom. The van der Waals surface area contributed by atoms with Gasteiger partial charge in [0.25, 0.3) is 5.91 Å². The quantitative estimate of drug-likeness (QED) is 0.822. The molecule has 1 aromatic carbocycles. The third kappa shape index (κ3) is 1.90. The molecular formula is C18H21N5O2. The number of hydrogen-bond donors (Lipinski definition) is 2. The van der Waals surface area contributed by atoms with Crippen LogP contribution < -0.4 is 20.4 Å². The summed E-state index contributed by atoms with van der Waals surface area (Å²) in [6.45, 7) is 8.57. The van der Waals surface area contributed by atoms with E-state index in [-0.39, 0.29) is 17.5 Å². The first kappa shape index (κ1) is 14.8. The molecule has 0 bridgehead atoms. The van der Waals surface area contributed by atoms with Crippen molar-refractivity contribution in [1.82, 2.24) is 15.3 Å². The van der Waals surface area contributed by atoms with E-state index in [9.17, 15) is 4.79 Å². The molecule has 7 heteroatoms. The lowest BCUT2D eigenvalue weighted by atomic mass is 9.94. The van der Waals surface area contributed by atoms with E-state index in [0.29, 0.717) is 6.61 Å². The zero-order chi connectivity index (χ0) is 17.3. The first-order valence-corrected chi connectivity index (χ1v) is 8.63. The molecule has 130 valence electrons. The van der Waals surface area contributed by atoms with Crippen molar-refractivity contribution < 1.29 is 9.53 Å². The van der Waals surface area contributed by atoms with Gasteiger partial charge in [0.15, 0.2) is 5.84 Å². The molecule has 1 saturated heterocycles. The minimum absolute atomic E-state index is 0.0814. The second-order valence-corrected chi connectivity index (χ2v) is 7.46. The van der Waals surface area contributed by atoms with E-state index in [4.69, 9.17) is 4.74 Å². The number of aromatic nitrogens is 1. The van der Waals surface area contributed by atoms with E-state index in [0.717, 1.165) is 30.4 Å². The fraction of sp³-hybridized carbons (Fsp3) is 0.444. The number of amides is 1. The van der Waals surface area contributed by atoms with Crippen LogP contribution >= 0.6 is 0 Å². The van der Waals surface area contributed by atoms with Crippen LogP contribution in [0.15, 0.2) is 23.4 Å². The van der Waals surface area contributed by atoms with Gasteiger partial charge in [0, 0.05) is 24.7 Å². The summed E-state index contributed by atoms with van der Waals surface area (Å²) in [5.74, 6) is 1.45. The summed E-state index contributed by atoms with van der Waals surface area (Å²) in [7, 11) is 0. The molecule has 3 aliphatic rings. The van der Waals surface area contributed by atoms with Crippen LogP contribution in [0.3, 0.4) is 0 Å². The maximum atomic E-state index is 12.1. The van der Waals surface area contributed by atoms with Gasteiger partial charge in [-0.1, -0.05) is 0 Å². The molecule has 3 aliphatic heterocycles. The molecule has 1 aromatic heterocycles. The van der Waals surface area contributed by atoms with Gasteiger partial charge >= 0.3 is 0 Å². The van der Waals surface area contributed by atoms with Gasteiger partial charge in [-0.3, -0.25) is 4.79 Å². The number of benzene rings is 1. The number of aryl methyl sites for hydroxylation is 1. The number of carbonyl (C=O) groups is 1. The Morgan fingerprint density at radius 1 is 1.36 bits per heavy atom. The number of rotatable bonds is 1. The third-order valence-corrected chi connectivity index (χ3v) is 5.63. The van der Waals surface area contributed by atoms with Crippen LogP contribution in [-0.2, 0) is 10.3 Å². The highest BCUT2D eigenvalue weighted by atomic mass is 16.5. The molecule has 0 spiro atoms. The summed E-state index contributed by atoms with van der Waals surface area (Å²) in [6.07, 6.45) is 2.22. The normalized spacial score (nSPS) is 24.0. The number of fused-ring (bicyclic) bond motifs is 4. The van der Waals surface area contributed by atoms with Crippen LogP contribution in [0.2, 0.25) is 0 Å². The van der Waals surface area contributed by atoms with Gasteiger partial charge in [-0.25, -0.2) is 5.43 Å². The fourth-order valence-electron chi connectivity index (χ4n) is 4.01. The van der Waals surface area contributed by atoms with E-state index in [2.05, 4.69) is 52.6 Å². The van der Waals surface area contributed by atoms with Crippen molar-refractivity contribution >= 4 is 28.3 Å². The van der Waals surface area contributed by atoms with Gasteiger partial charge in [0.1, 0.15) is 18.4 Å². The minimum atomic E-state index is -0.307. The Morgan fingerprint density at radius 2 is 2.16 bits per heavy atom. The standard InChI is InChI=1S/C18H21N5O2/c1-10-6-22(18(3)8-19-9-18)13-5-14-15(4-12(10)13)25-7-16-20-21-17(24)11(2)23(14)16/h4-6,11,19H,7-9H2,1-3H3,(H,21,24). The van der Waals surface area contributed by atoms with Gasteiger partial charge in [-0.2, -0.15) is 5.10 Å². The fourth-order valence-corrected chi connectivity index (χ4v) is 4.01. The number of hydrazone groups is 1. The summed E-state index contributed by atoms with van der Waals surface area (Å²) >= 11 is 0. The van der Waals surface area contributed by atoms with Gasteiger partial charge in [0.2, 0.25) is 0 Å². The molecule has 1 atom stereocenters. The van der Waals surface area contributed by atoms with Crippen LogP contribution in [-0.4, -0.2) is 42.0 Å². The van der Waals surface area contributed by atoms with Crippen molar-refractivity contribution in [2.45, 2.75) is 32.4 Å². The SMILES string of the molecule is Cc1cn(C2(C)CNC2)c2cc3c(cc12)OCC1=NNC(=O)C(C)N13. The van der Waals surface area contributed by atoms with Gasteiger partial charge < -0.3 is 19.5 Å².